The molecule has 3 N–H and O–H groups in total. The number of carbonyl (C=O) groups is 2. The maximum absolute atomic E-state index is 13.2. The fraction of sp³-hybridized carbons (Fsp3) is 0.333. The van der Waals surface area contributed by atoms with Crippen LogP contribution in [0.25, 0.3) is 0 Å². The van der Waals surface area contributed by atoms with Crippen LogP contribution < -0.4 is 5.73 Å². The van der Waals surface area contributed by atoms with E-state index < -0.39 is 23.2 Å². The van der Waals surface area contributed by atoms with Crippen LogP contribution in [0.5, 0.6) is 0 Å². The molecule has 0 aliphatic carbocycles. The lowest BCUT2D eigenvalue weighted by atomic mass is 10.0. The van der Waals surface area contributed by atoms with Gasteiger partial charge < -0.3 is 15.7 Å². The maximum Gasteiger partial charge on any atom is 0.329 e. The lowest BCUT2D eigenvalue weighted by molar-refractivity contribution is -0.147. The Morgan fingerprint density at radius 3 is 2.44 bits per heavy atom. The zero-order valence-corrected chi connectivity index (χ0v) is 10.4. The van der Waals surface area contributed by atoms with Crippen LogP contribution in [0, 0.1) is 5.82 Å². The average Bonchev–Trinajstić information content (AvgIpc) is 2.30. The predicted molar refractivity (Wildman–Crippen MR) is 64.6 cm³/mol. The van der Waals surface area contributed by atoms with Gasteiger partial charge in [0.2, 0.25) is 0 Å². The van der Waals surface area contributed by atoms with Crippen LogP contribution in [0.2, 0.25) is 0 Å². The highest BCUT2D eigenvalue weighted by atomic mass is 19.1. The first-order valence-corrected chi connectivity index (χ1v) is 5.25. The fourth-order valence-corrected chi connectivity index (χ4v) is 1.30. The van der Waals surface area contributed by atoms with Crippen molar-refractivity contribution >= 4 is 17.6 Å². The number of para-hydroxylation sites is 1. The van der Waals surface area contributed by atoms with Gasteiger partial charge in [0.1, 0.15) is 11.4 Å². The Hall–Kier alpha value is -2.11. The molecule has 1 rings (SSSR count). The molecule has 0 aliphatic rings. The monoisotopic (exact) mass is 254 g/mol. The molecule has 1 amide bonds. The van der Waals surface area contributed by atoms with Gasteiger partial charge in [-0.2, -0.15) is 0 Å². The first-order chi connectivity index (χ1) is 8.19. The molecule has 1 aromatic rings. The second kappa shape index (κ2) is 4.64. The van der Waals surface area contributed by atoms with Crippen molar-refractivity contribution < 1.29 is 19.1 Å². The van der Waals surface area contributed by atoms with Gasteiger partial charge in [-0.3, -0.25) is 4.79 Å². The molecule has 0 atom stereocenters. The number of anilines is 1. The highest BCUT2D eigenvalue weighted by Crippen LogP contribution is 2.21. The largest absolute Gasteiger partial charge is 0.480 e. The Balaban J connectivity index is 3.16. The molecule has 0 bridgehead atoms. The van der Waals surface area contributed by atoms with Crippen LogP contribution >= 0.6 is 0 Å². The number of carboxylic acid groups (broad SMARTS) is 1. The first-order valence-electron chi connectivity index (χ1n) is 5.25. The lowest BCUT2D eigenvalue weighted by Crippen LogP contribution is -2.50. The Morgan fingerprint density at radius 1 is 1.39 bits per heavy atom. The summed E-state index contributed by atoms with van der Waals surface area (Å²) < 4.78 is 13.2. The molecule has 0 saturated heterocycles. The quantitative estimate of drug-likeness (QED) is 0.797. The molecule has 0 aromatic heterocycles. The predicted octanol–water partition coefficient (Wildman–Crippen LogP) is 1.34. The van der Waals surface area contributed by atoms with Crippen molar-refractivity contribution in [1.29, 1.82) is 0 Å². The maximum atomic E-state index is 13.2. The molecule has 18 heavy (non-hydrogen) atoms. The number of carboxylic acids is 1. The van der Waals surface area contributed by atoms with Crippen LogP contribution in [0.1, 0.15) is 24.2 Å². The van der Waals surface area contributed by atoms with Crippen molar-refractivity contribution in [2.24, 2.45) is 0 Å². The molecular formula is C12H15FN2O3. The van der Waals surface area contributed by atoms with Gasteiger partial charge in [-0.1, -0.05) is 6.07 Å². The number of hydrogen-bond donors (Lipinski definition) is 2. The number of benzene rings is 1. The van der Waals surface area contributed by atoms with Gasteiger partial charge >= 0.3 is 5.97 Å². The van der Waals surface area contributed by atoms with Crippen LogP contribution in [0.4, 0.5) is 10.1 Å². The van der Waals surface area contributed by atoms with E-state index >= 15 is 0 Å². The summed E-state index contributed by atoms with van der Waals surface area (Å²) in [5, 5.41) is 9.03. The molecular weight excluding hydrogens is 239 g/mol. The molecule has 0 saturated carbocycles. The van der Waals surface area contributed by atoms with E-state index in [1.165, 1.54) is 33.0 Å². The lowest BCUT2D eigenvalue weighted by Gasteiger charge is -2.31. The molecule has 98 valence electrons. The molecule has 6 heteroatoms. The fourth-order valence-electron chi connectivity index (χ4n) is 1.30. The molecule has 0 spiro atoms. The van der Waals surface area contributed by atoms with Crippen molar-refractivity contribution in [3.8, 4) is 0 Å². The standard InChI is InChI=1S/C12H15FN2O3/c1-12(2,11(17)18)15(3)10(16)7-5-4-6-8(13)9(7)14/h4-6H,14H2,1-3H3,(H,17,18). The van der Waals surface area contributed by atoms with Gasteiger partial charge in [-0.25, -0.2) is 9.18 Å². The number of halogens is 1. The van der Waals surface area contributed by atoms with Crippen LogP contribution in [0.15, 0.2) is 18.2 Å². The number of nitrogens with zero attached hydrogens (tertiary/aromatic N) is 1. The second-order valence-corrected chi connectivity index (χ2v) is 4.43. The van der Waals surface area contributed by atoms with Crippen molar-refractivity contribution in [2.45, 2.75) is 19.4 Å². The highest BCUT2D eigenvalue weighted by molar-refractivity contribution is 6.01. The van der Waals surface area contributed by atoms with E-state index in [1.807, 2.05) is 0 Å². The number of hydrogen-bond acceptors (Lipinski definition) is 3. The van der Waals surface area contributed by atoms with Gasteiger partial charge in [0.05, 0.1) is 11.3 Å². The third-order valence-electron chi connectivity index (χ3n) is 2.95. The number of carbonyl (C=O) groups excluding carboxylic acids is 1. The number of amides is 1. The van der Waals surface area contributed by atoms with Gasteiger partial charge in [0, 0.05) is 7.05 Å². The van der Waals surface area contributed by atoms with Crippen molar-refractivity contribution in [1.82, 2.24) is 4.90 Å². The van der Waals surface area contributed by atoms with Crippen LogP contribution in [-0.4, -0.2) is 34.5 Å². The topological polar surface area (TPSA) is 83.6 Å². The minimum Gasteiger partial charge on any atom is -0.480 e. The Kier molecular flexibility index (Phi) is 3.59. The zero-order chi connectivity index (χ0) is 14.1. The Bertz CT molecular complexity index is 500. The van der Waals surface area contributed by atoms with E-state index in [2.05, 4.69) is 0 Å². The number of aliphatic carboxylic acids is 1. The Morgan fingerprint density at radius 2 is 1.94 bits per heavy atom. The highest BCUT2D eigenvalue weighted by Gasteiger charge is 2.36. The van der Waals surface area contributed by atoms with Gasteiger partial charge in [-0.05, 0) is 26.0 Å². The summed E-state index contributed by atoms with van der Waals surface area (Å²) in [6, 6.07) is 3.84. The van der Waals surface area contributed by atoms with E-state index in [-0.39, 0.29) is 11.3 Å². The van der Waals surface area contributed by atoms with Crippen molar-refractivity contribution in [2.75, 3.05) is 12.8 Å². The second-order valence-electron chi connectivity index (χ2n) is 4.43. The van der Waals surface area contributed by atoms with Crippen molar-refractivity contribution in [3.63, 3.8) is 0 Å². The summed E-state index contributed by atoms with van der Waals surface area (Å²) in [5.74, 6) is -2.50. The minimum absolute atomic E-state index is 0.0492. The third-order valence-corrected chi connectivity index (χ3v) is 2.95. The van der Waals surface area contributed by atoms with E-state index in [0.717, 1.165) is 11.0 Å². The van der Waals surface area contributed by atoms with Crippen LogP contribution in [0.3, 0.4) is 0 Å². The molecule has 0 unspecified atom stereocenters. The van der Waals surface area contributed by atoms with Gasteiger partial charge in [0.25, 0.3) is 5.91 Å². The number of nitrogens with two attached hydrogens (primary N) is 1. The van der Waals surface area contributed by atoms with E-state index in [9.17, 15) is 14.0 Å². The molecule has 0 aliphatic heterocycles. The average molecular weight is 254 g/mol. The minimum atomic E-state index is -1.41. The Labute approximate surface area is 104 Å². The molecule has 0 heterocycles. The molecule has 0 fully saturated rings. The van der Waals surface area contributed by atoms with Crippen LogP contribution in [-0.2, 0) is 4.79 Å². The van der Waals surface area contributed by atoms with E-state index in [4.69, 9.17) is 10.8 Å². The zero-order valence-electron chi connectivity index (χ0n) is 10.4. The molecule has 1 aromatic carbocycles. The molecule has 0 radical (unpaired) electrons. The molecule has 5 nitrogen and oxygen atoms in total. The third kappa shape index (κ3) is 2.27. The number of likely N-dealkylation sites (N-methyl/N-ethyl adjacent to an activating group) is 1. The smallest absolute Gasteiger partial charge is 0.329 e. The summed E-state index contributed by atoms with van der Waals surface area (Å²) >= 11 is 0. The summed E-state index contributed by atoms with van der Waals surface area (Å²) in [7, 11) is 1.33. The normalized spacial score (nSPS) is 11.1. The van der Waals surface area contributed by atoms with E-state index in [1.54, 1.807) is 0 Å². The number of rotatable bonds is 3. The van der Waals surface area contributed by atoms with Gasteiger partial charge in [0.15, 0.2) is 0 Å². The number of nitrogen functional groups attached to an aromatic ring is 1. The first kappa shape index (κ1) is 14.0. The SMILES string of the molecule is CN(C(=O)c1cccc(F)c1N)C(C)(C)C(=O)O. The van der Waals surface area contributed by atoms with Crippen molar-refractivity contribution in [3.05, 3.63) is 29.6 Å². The van der Waals surface area contributed by atoms with E-state index in [0.29, 0.717) is 0 Å². The summed E-state index contributed by atoms with van der Waals surface area (Å²) in [5.41, 5.74) is 3.73. The van der Waals surface area contributed by atoms with Gasteiger partial charge in [-0.15, -0.1) is 0 Å². The summed E-state index contributed by atoms with van der Waals surface area (Å²) in [6.45, 7) is 2.76. The summed E-state index contributed by atoms with van der Waals surface area (Å²) in [6.07, 6.45) is 0. The summed E-state index contributed by atoms with van der Waals surface area (Å²) in [4.78, 5) is 24.2.